The standard InChI is InChI=1S/C17H17N3O2S/c1-11-9-12(2)19-20-16(11)15(13-7-5-4-6-8-13)18-17(20)23-10-14(21)22-3/h4-9H,10H2,1-3H3. The maximum absolute atomic E-state index is 11.4. The van der Waals surface area contributed by atoms with Gasteiger partial charge in [0.15, 0.2) is 5.16 Å². The summed E-state index contributed by atoms with van der Waals surface area (Å²) in [5.41, 5.74) is 4.89. The fraction of sp³-hybridized carbons (Fsp3) is 0.235. The molecule has 0 aliphatic heterocycles. The molecule has 0 unspecified atom stereocenters. The third kappa shape index (κ3) is 3.07. The first-order valence-electron chi connectivity index (χ1n) is 7.22. The Kier molecular flexibility index (Phi) is 4.34. The lowest BCUT2D eigenvalue weighted by Crippen LogP contribution is -2.05. The highest BCUT2D eigenvalue weighted by Crippen LogP contribution is 2.30. The number of rotatable bonds is 4. The molecule has 0 saturated carbocycles. The molecule has 3 rings (SSSR count). The first kappa shape index (κ1) is 15.6. The smallest absolute Gasteiger partial charge is 0.316 e. The second-order valence-corrected chi connectivity index (χ2v) is 6.15. The van der Waals surface area contributed by atoms with Gasteiger partial charge in [-0.15, -0.1) is 0 Å². The summed E-state index contributed by atoms with van der Waals surface area (Å²) < 4.78 is 6.53. The molecule has 0 spiro atoms. The van der Waals surface area contributed by atoms with Gasteiger partial charge in [-0.2, -0.15) is 5.10 Å². The molecule has 0 fully saturated rings. The summed E-state index contributed by atoms with van der Waals surface area (Å²) >= 11 is 1.33. The second kappa shape index (κ2) is 6.42. The summed E-state index contributed by atoms with van der Waals surface area (Å²) in [6, 6.07) is 12.0. The summed E-state index contributed by atoms with van der Waals surface area (Å²) in [5, 5.41) is 5.26. The van der Waals surface area contributed by atoms with Crippen molar-refractivity contribution in [3.05, 3.63) is 47.7 Å². The molecular weight excluding hydrogens is 310 g/mol. The average molecular weight is 327 g/mol. The van der Waals surface area contributed by atoms with Crippen molar-refractivity contribution in [2.75, 3.05) is 12.9 Å². The van der Waals surface area contributed by atoms with E-state index in [9.17, 15) is 4.79 Å². The van der Waals surface area contributed by atoms with Gasteiger partial charge in [0.2, 0.25) is 0 Å². The van der Waals surface area contributed by atoms with E-state index in [1.807, 2.05) is 54.8 Å². The number of hydrogen-bond acceptors (Lipinski definition) is 5. The number of nitrogens with zero attached hydrogens (tertiary/aromatic N) is 3. The van der Waals surface area contributed by atoms with Crippen molar-refractivity contribution >= 4 is 23.2 Å². The molecule has 2 aromatic heterocycles. The number of methoxy groups -OCH3 is 1. The van der Waals surface area contributed by atoms with Crippen molar-refractivity contribution in [1.29, 1.82) is 0 Å². The van der Waals surface area contributed by atoms with E-state index < -0.39 is 0 Å². The van der Waals surface area contributed by atoms with E-state index >= 15 is 0 Å². The van der Waals surface area contributed by atoms with Gasteiger partial charge in [0.25, 0.3) is 0 Å². The van der Waals surface area contributed by atoms with E-state index in [-0.39, 0.29) is 11.7 Å². The van der Waals surface area contributed by atoms with Crippen molar-refractivity contribution in [3.63, 3.8) is 0 Å². The van der Waals surface area contributed by atoms with Crippen LogP contribution in [-0.4, -0.2) is 33.4 Å². The second-order valence-electron chi connectivity index (χ2n) is 5.20. The molecule has 6 heteroatoms. The molecule has 3 aromatic rings. The number of hydrogen-bond donors (Lipinski definition) is 0. The number of aryl methyl sites for hydroxylation is 2. The van der Waals surface area contributed by atoms with Crippen LogP contribution in [0.5, 0.6) is 0 Å². The van der Waals surface area contributed by atoms with Crippen LogP contribution >= 0.6 is 11.8 Å². The number of benzene rings is 1. The summed E-state index contributed by atoms with van der Waals surface area (Å²) in [4.78, 5) is 16.2. The maximum atomic E-state index is 11.4. The molecule has 23 heavy (non-hydrogen) atoms. The molecule has 0 aliphatic carbocycles. The molecule has 0 bridgehead atoms. The van der Waals surface area contributed by atoms with Gasteiger partial charge in [0.1, 0.15) is 0 Å². The molecule has 0 amide bonds. The normalized spacial score (nSPS) is 10.9. The Morgan fingerprint density at radius 2 is 2.00 bits per heavy atom. The lowest BCUT2D eigenvalue weighted by molar-refractivity contribution is -0.137. The van der Waals surface area contributed by atoms with Gasteiger partial charge < -0.3 is 4.74 Å². The van der Waals surface area contributed by atoms with Crippen molar-refractivity contribution in [2.24, 2.45) is 0 Å². The van der Waals surface area contributed by atoms with E-state index in [4.69, 9.17) is 9.72 Å². The van der Waals surface area contributed by atoms with Crippen LogP contribution in [0.1, 0.15) is 11.3 Å². The number of esters is 1. The quantitative estimate of drug-likeness (QED) is 0.544. The SMILES string of the molecule is COC(=O)CSc1nc(-c2ccccc2)c2c(C)cc(C)nn12. The summed E-state index contributed by atoms with van der Waals surface area (Å²) in [7, 11) is 1.38. The number of thioether (sulfide) groups is 1. The van der Waals surface area contributed by atoms with Crippen LogP contribution in [0.3, 0.4) is 0 Å². The predicted octanol–water partition coefficient (Wildman–Crippen LogP) is 3.28. The minimum atomic E-state index is -0.280. The fourth-order valence-electron chi connectivity index (χ4n) is 2.48. The predicted molar refractivity (Wildman–Crippen MR) is 90.6 cm³/mol. The first-order chi connectivity index (χ1) is 11.1. The Balaban J connectivity index is 2.15. The van der Waals surface area contributed by atoms with Crippen LogP contribution in [0.2, 0.25) is 0 Å². The van der Waals surface area contributed by atoms with Crippen LogP contribution in [0.25, 0.3) is 16.8 Å². The Hall–Kier alpha value is -2.34. The first-order valence-corrected chi connectivity index (χ1v) is 8.20. The Labute approximate surface area is 138 Å². The minimum Gasteiger partial charge on any atom is -0.468 e. The van der Waals surface area contributed by atoms with Gasteiger partial charge in [-0.3, -0.25) is 4.79 Å². The van der Waals surface area contributed by atoms with Gasteiger partial charge in [0.05, 0.1) is 29.8 Å². The largest absolute Gasteiger partial charge is 0.468 e. The van der Waals surface area contributed by atoms with E-state index in [0.717, 1.165) is 28.0 Å². The zero-order valence-corrected chi connectivity index (χ0v) is 14.1. The third-order valence-corrected chi connectivity index (χ3v) is 4.38. The lowest BCUT2D eigenvalue weighted by Gasteiger charge is -2.04. The van der Waals surface area contributed by atoms with Gasteiger partial charge in [0, 0.05) is 5.56 Å². The molecule has 0 radical (unpaired) electrons. The average Bonchev–Trinajstić information content (AvgIpc) is 2.92. The number of ether oxygens (including phenoxy) is 1. The number of carbonyl (C=O) groups excluding carboxylic acids is 1. The molecule has 2 heterocycles. The number of imidazole rings is 1. The monoisotopic (exact) mass is 327 g/mol. The highest BCUT2D eigenvalue weighted by molar-refractivity contribution is 7.99. The Morgan fingerprint density at radius 3 is 2.70 bits per heavy atom. The van der Waals surface area contributed by atoms with Gasteiger partial charge in [-0.1, -0.05) is 42.1 Å². The molecule has 0 aliphatic rings. The molecule has 1 aromatic carbocycles. The maximum Gasteiger partial charge on any atom is 0.316 e. The van der Waals surface area contributed by atoms with Gasteiger partial charge in [-0.25, -0.2) is 9.50 Å². The van der Waals surface area contributed by atoms with Crippen molar-refractivity contribution in [3.8, 4) is 11.3 Å². The number of carbonyl (C=O) groups is 1. The molecule has 0 saturated heterocycles. The fourth-order valence-corrected chi connectivity index (χ4v) is 3.25. The van der Waals surface area contributed by atoms with Crippen molar-refractivity contribution in [1.82, 2.24) is 14.6 Å². The lowest BCUT2D eigenvalue weighted by atomic mass is 10.1. The Bertz CT molecular complexity index is 859. The van der Waals surface area contributed by atoms with Crippen molar-refractivity contribution < 1.29 is 9.53 Å². The molecular formula is C17H17N3O2S. The highest BCUT2D eigenvalue weighted by Gasteiger charge is 2.17. The van der Waals surface area contributed by atoms with Crippen LogP contribution in [0.15, 0.2) is 41.6 Å². The van der Waals surface area contributed by atoms with Crippen LogP contribution in [-0.2, 0) is 9.53 Å². The third-order valence-electron chi connectivity index (χ3n) is 3.48. The Morgan fingerprint density at radius 1 is 1.26 bits per heavy atom. The summed E-state index contributed by atoms with van der Waals surface area (Å²) in [6.07, 6.45) is 0. The van der Waals surface area contributed by atoms with E-state index in [2.05, 4.69) is 5.10 Å². The van der Waals surface area contributed by atoms with E-state index in [1.54, 1.807) is 0 Å². The van der Waals surface area contributed by atoms with Gasteiger partial charge in [-0.05, 0) is 25.5 Å². The molecule has 0 N–H and O–H groups in total. The van der Waals surface area contributed by atoms with Gasteiger partial charge >= 0.3 is 5.97 Å². The number of aromatic nitrogens is 3. The summed E-state index contributed by atoms with van der Waals surface area (Å²) in [5.74, 6) is -0.0733. The highest BCUT2D eigenvalue weighted by atomic mass is 32.2. The van der Waals surface area contributed by atoms with E-state index in [1.165, 1.54) is 18.9 Å². The zero-order chi connectivity index (χ0) is 16.4. The number of fused-ring (bicyclic) bond motifs is 1. The van der Waals surface area contributed by atoms with Crippen LogP contribution < -0.4 is 0 Å². The van der Waals surface area contributed by atoms with Crippen molar-refractivity contribution in [2.45, 2.75) is 19.0 Å². The van der Waals surface area contributed by atoms with Crippen LogP contribution in [0.4, 0.5) is 0 Å². The minimum absolute atomic E-state index is 0.207. The molecule has 118 valence electrons. The molecule has 5 nitrogen and oxygen atoms in total. The molecule has 0 atom stereocenters. The topological polar surface area (TPSA) is 56.5 Å². The zero-order valence-electron chi connectivity index (χ0n) is 13.2. The van der Waals surface area contributed by atoms with Crippen LogP contribution in [0, 0.1) is 13.8 Å². The van der Waals surface area contributed by atoms with E-state index in [0.29, 0.717) is 5.16 Å². The summed E-state index contributed by atoms with van der Waals surface area (Å²) in [6.45, 7) is 4.00.